The zero-order chi connectivity index (χ0) is 11.1. The van der Waals surface area contributed by atoms with Crippen molar-refractivity contribution in [2.24, 2.45) is 11.1 Å². The van der Waals surface area contributed by atoms with Crippen LogP contribution in [0.25, 0.3) is 0 Å². The monoisotopic (exact) mass is 212 g/mol. The van der Waals surface area contributed by atoms with Gasteiger partial charge in [-0.3, -0.25) is 4.90 Å². The summed E-state index contributed by atoms with van der Waals surface area (Å²) in [6, 6.07) is 0.762. The van der Waals surface area contributed by atoms with Gasteiger partial charge in [-0.25, -0.2) is 0 Å². The van der Waals surface area contributed by atoms with Gasteiger partial charge in [-0.2, -0.15) is 0 Å². The summed E-state index contributed by atoms with van der Waals surface area (Å²) in [4.78, 5) is 2.45. The molecular formula is C12H24N2O. The lowest BCUT2D eigenvalue weighted by atomic mass is 9.71. The maximum atomic E-state index is 10.7. The van der Waals surface area contributed by atoms with Crippen LogP contribution in [0.4, 0.5) is 0 Å². The van der Waals surface area contributed by atoms with E-state index in [0.717, 1.165) is 32.0 Å². The van der Waals surface area contributed by atoms with Gasteiger partial charge in [0.05, 0.1) is 5.60 Å². The molecule has 1 heterocycles. The van der Waals surface area contributed by atoms with Crippen molar-refractivity contribution in [2.45, 2.75) is 51.2 Å². The molecule has 0 aromatic heterocycles. The van der Waals surface area contributed by atoms with Gasteiger partial charge in [0.2, 0.25) is 0 Å². The largest absolute Gasteiger partial charge is 0.388 e. The third-order valence-electron chi connectivity index (χ3n) is 4.69. The molecule has 3 N–H and O–H groups in total. The lowest BCUT2D eigenvalue weighted by Crippen LogP contribution is -2.52. The predicted octanol–water partition coefficient (Wildman–Crippen LogP) is 0.961. The smallest absolute Gasteiger partial charge is 0.0851 e. The summed E-state index contributed by atoms with van der Waals surface area (Å²) < 4.78 is 0. The maximum absolute atomic E-state index is 10.7. The van der Waals surface area contributed by atoms with Crippen LogP contribution in [0.2, 0.25) is 0 Å². The first kappa shape index (κ1) is 11.4. The molecule has 0 spiro atoms. The van der Waals surface area contributed by atoms with Crippen LogP contribution in [0.5, 0.6) is 0 Å². The van der Waals surface area contributed by atoms with E-state index in [9.17, 15) is 5.11 Å². The summed E-state index contributed by atoms with van der Waals surface area (Å²) in [5.74, 6) is 0. The van der Waals surface area contributed by atoms with Crippen LogP contribution >= 0.6 is 0 Å². The first-order chi connectivity index (χ1) is 7.04. The molecule has 2 rings (SSSR count). The molecule has 15 heavy (non-hydrogen) atoms. The Labute approximate surface area is 92.6 Å². The van der Waals surface area contributed by atoms with Gasteiger partial charge in [0.1, 0.15) is 0 Å². The second-order valence-corrected chi connectivity index (χ2v) is 5.60. The second kappa shape index (κ2) is 3.72. The van der Waals surface area contributed by atoms with Crippen molar-refractivity contribution in [3.63, 3.8) is 0 Å². The number of nitrogens with zero attached hydrogens (tertiary/aromatic N) is 1. The highest BCUT2D eigenvalue weighted by Gasteiger charge is 2.51. The highest BCUT2D eigenvalue weighted by molar-refractivity contribution is 5.05. The van der Waals surface area contributed by atoms with Crippen molar-refractivity contribution >= 4 is 0 Å². The predicted molar refractivity (Wildman–Crippen MR) is 61.6 cm³/mol. The SMILES string of the molecule is CCC(C)(CN)C1(O)CCN(C2CC2)C1. The maximum Gasteiger partial charge on any atom is 0.0851 e. The Morgan fingerprint density at radius 2 is 2.20 bits per heavy atom. The number of rotatable bonds is 4. The van der Waals surface area contributed by atoms with Gasteiger partial charge in [0, 0.05) is 31.1 Å². The molecule has 0 radical (unpaired) electrons. The number of nitrogens with two attached hydrogens (primary N) is 1. The van der Waals surface area contributed by atoms with E-state index in [1.165, 1.54) is 12.8 Å². The topological polar surface area (TPSA) is 49.5 Å². The summed E-state index contributed by atoms with van der Waals surface area (Å²) in [5.41, 5.74) is 5.17. The number of aliphatic hydroxyl groups is 1. The Hall–Kier alpha value is -0.120. The number of likely N-dealkylation sites (tertiary alicyclic amines) is 1. The summed E-state index contributed by atoms with van der Waals surface area (Å²) in [7, 11) is 0. The lowest BCUT2D eigenvalue weighted by molar-refractivity contribution is -0.0646. The third kappa shape index (κ3) is 1.81. The molecule has 1 saturated carbocycles. The van der Waals surface area contributed by atoms with Crippen LogP contribution in [0.3, 0.4) is 0 Å². The van der Waals surface area contributed by atoms with E-state index in [0.29, 0.717) is 6.54 Å². The Morgan fingerprint density at radius 1 is 1.53 bits per heavy atom. The zero-order valence-electron chi connectivity index (χ0n) is 10.00. The highest BCUT2D eigenvalue weighted by atomic mass is 16.3. The molecule has 1 aliphatic heterocycles. The van der Waals surface area contributed by atoms with Crippen molar-refractivity contribution in [3.05, 3.63) is 0 Å². The molecule has 3 heteroatoms. The molecule has 2 atom stereocenters. The van der Waals surface area contributed by atoms with Crippen molar-refractivity contribution in [3.8, 4) is 0 Å². The van der Waals surface area contributed by atoms with Crippen molar-refractivity contribution < 1.29 is 5.11 Å². The Kier molecular flexibility index (Phi) is 2.82. The molecule has 0 aromatic rings. The summed E-state index contributed by atoms with van der Waals surface area (Å²) in [5, 5.41) is 10.7. The van der Waals surface area contributed by atoms with Crippen LogP contribution in [0, 0.1) is 5.41 Å². The molecular weight excluding hydrogens is 188 g/mol. The fraction of sp³-hybridized carbons (Fsp3) is 1.00. The van der Waals surface area contributed by atoms with Gasteiger partial charge in [-0.05, 0) is 25.7 Å². The van der Waals surface area contributed by atoms with Crippen LogP contribution in [-0.4, -0.2) is 41.3 Å². The third-order valence-corrected chi connectivity index (χ3v) is 4.69. The quantitative estimate of drug-likeness (QED) is 0.730. The molecule has 2 unspecified atom stereocenters. The fourth-order valence-electron chi connectivity index (χ4n) is 2.73. The standard InChI is InChI=1S/C12H24N2O/c1-3-11(2,8-13)12(15)6-7-14(9-12)10-4-5-10/h10,15H,3-9,13H2,1-2H3. The minimum absolute atomic E-state index is 0.114. The van der Waals surface area contributed by atoms with Crippen molar-refractivity contribution in [1.29, 1.82) is 0 Å². The van der Waals surface area contributed by atoms with Crippen LogP contribution in [0.1, 0.15) is 39.5 Å². The first-order valence-corrected chi connectivity index (χ1v) is 6.21. The van der Waals surface area contributed by atoms with Gasteiger partial charge in [-0.1, -0.05) is 13.8 Å². The first-order valence-electron chi connectivity index (χ1n) is 6.21. The molecule has 2 aliphatic rings. The second-order valence-electron chi connectivity index (χ2n) is 5.60. The molecule has 3 nitrogen and oxygen atoms in total. The van der Waals surface area contributed by atoms with E-state index < -0.39 is 5.60 Å². The summed E-state index contributed by atoms with van der Waals surface area (Å²) in [6.45, 7) is 6.72. The fourth-order valence-corrected chi connectivity index (χ4v) is 2.73. The average molecular weight is 212 g/mol. The van der Waals surface area contributed by atoms with Gasteiger partial charge in [0.15, 0.2) is 0 Å². The molecule has 1 saturated heterocycles. The molecule has 1 aliphatic carbocycles. The Balaban J connectivity index is 2.06. The Bertz CT molecular complexity index is 236. The lowest BCUT2D eigenvalue weighted by Gasteiger charge is -2.41. The van der Waals surface area contributed by atoms with E-state index in [1.807, 2.05) is 0 Å². The van der Waals surface area contributed by atoms with Gasteiger partial charge >= 0.3 is 0 Å². The van der Waals surface area contributed by atoms with Gasteiger partial charge < -0.3 is 10.8 Å². The minimum Gasteiger partial charge on any atom is -0.388 e. The van der Waals surface area contributed by atoms with E-state index in [4.69, 9.17) is 5.73 Å². The zero-order valence-corrected chi connectivity index (χ0v) is 10.00. The van der Waals surface area contributed by atoms with Gasteiger partial charge in [-0.15, -0.1) is 0 Å². The van der Waals surface area contributed by atoms with Crippen LogP contribution < -0.4 is 5.73 Å². The molecule has 2 fully saturated rings. The number of hydrogen-bond donors (Lipinski definition) is 2. The molecule has 0 amide bonds. The average Bonchev–Trinajstić information content (AvgIpc) is 3.01. The van der Waals surface area contributed by atoms with E-state index in [2.05, 4.69) is 18.7 Å². The normalized spacial score (nSPS) is 36.8. The Morgan fingerprint density at radius 3 is 2.67 bits per heavy atom. The van der Waals surface area contributed by atoms with Gasteiger partial charge in [0.25, 0.3) is 0 Å². The molecule has 0 bridgehead atoms. The van der Waals surface area contributed by atoms with E-state index in [1.54, 1.807) is 0 Å². The summed E-state index contributed by atoms with van der Waals surface area (Å²) >= 11 is 0. The van der Waals surface area contributed by atoms with Crippen LogP contribution in [0.15, 0.2) is 0 Å². The highest BCUT2D eigenvalue weighted by Crippen LogP contribution is 2.43. The molecule has 0 aromatic carbocycles. The van der Waals surface area contributed by atoms with Crippen molar-refractivity contribution in [1.82, 2.24) is 4.90 Å². The van der Waals surface area contributed by atoms with E-state index >= 15 is 0 Å². The number of hydrogen-bond acceptors (Lipinski definition) is 3. The van der Waals surface area contributed by atoms with Crippen molar-refractivity contribution in [2.75, 3.05) is 19.6 Å². The van der Waals surface area contributed by atoms with Crippen LogP contribution in [-0.2, 0) is 0 Å². The van der Waals surface area contributed by atoms with E-state index in [-0.39, 0.29) is 5.41 Å². The summed E-state index contributed by atoms with van der Waals surface area (Å²) in [6.07, 6.45) is 4.49. The minimum atomic E-state index is -0.556. The number of β-amino-alcohol motifs (C(OH)–C–C–N with tert-alkyl or cyclic N) is 1. The molecule has 88 valence electrons.